The molecule has 0 fully saturated rings. The van der Waals surface area contributed by atoms with Crippen LogP contribution in [0.5, 0.6) is 0 Å². The van der Waals surface area contributed by atoms with Gasteiger partial charge < -0.3 is 10.1 Å². The molecule has 0 saturated heterocycles. The molecule has 0 aliphatic carbocycles. The second-order valence-electron chi connectivity index (χ2n) is 5.05. The highest BCUT2D eigenvalue weighted by atomic mass is 19.1. The molecule has 5 heteroatoms. The Morgan fingerprint density at radius 3 is 2.48 bits per heavy atom. The average molecular weight is 315 g/mol. The predicted molar refractivity (Wildman–Crippen MR) is 85.8 cm³/mol. The van der Waals surface area contributed by atoms with Gasteiger partial charge in [-0.3, -0.25) is 4.79 Å². The van der Waals surface area contributed by atoms with E-state index in [0.29, 0.717) is 6.42 Å². The van der Waals surface area contributed by atoms with E-state index >= 15 is 0 Å². The Labute approximate surface area is 134 Å². The Morgan fingerprint density at radius 1 is 1.17 bits per heavy atom. The fourth-order valence-electron chi connectivity index (χ4n) is 2.34. The van der Waals surface area contributed by atoms with Gasteiger partial charge in [0.15, 0.2) is 0 Å². The third kappa shape index (κ3) is 3.94. The molecular weight excluding hydrogens is 297 g/mol. The summed E-state index contributed by atoms with van der Waals surface area (Å²) in [7, 11) is 1.24. The summed E-state index contributed by atoms with van der Waals surface area (Å²) >= 11 is 0. The Kier molecular flexibility index (Phi) is 5.46. The predicted octanol–water partition coefficient (Wildman–Crippen LogP) is 3.74. The zero-order chi connectivity index (χ0) is 16.8. The van der Waals surface area contributed by atoms with Crippen LogP contribution in [0.1, 0.15) is 35.2 Å². The highest BCUT2D eigenvalue weighted by molar-refractivity contribution is 5.97. The molecule has 2 aromatic rings. The van der Waals surface area contributed by atoms with Gasteiger partial charge in [0, 0.05) is 0 Å². The van der Waals surface area contributed by atoms with Gasteiger partial charge in [-0.05, 0) is 30.2 Å². The summed E-state index contributed by atoms with van der Waals surface area (Å²) in [6.07, 6.45) is 0.578. The van der Waals surface area contributed by atoms with E-state index in [9.17, 15) is 14.0 Å². The highest BCUT2D eigenvalue weighted by Gasteiger charge is 2.20. The highest BCUT2D eigenvalue weighted by Crippen LogP contribution is 2.23. The number of methoxy groups -OCH3 is 1. The monoisotopic (exact) mass is 315 g/mol. The smallest absolute Gasteiger partial charge is 0.337 e. The summed E-state index contributed by atoms with van der Waals surface area (Å²) in [5.74, 6) is -1.90. The van der Waals surface area contributed by atoms with Crippen molar-refractivity contribution in [2.75, 3.05) is 12.4 Å². The van der Waals surface area contributed by atoms with Crippen LogP contribution in [0.25, 0.3) is 0 Å². The first-order valence-corrected chi connectivity index (χ1v) is 7.30. The van der Waals surface area contributed by atoms with Crippen LogP contribution in [0.4, 0.5) is 10.1 Å². The van der Waals surface area contributed by atoms with Crippen LogP contribution >= 0.6 is 0 Å². The molecule has 23 heavy (non-hydrogen) atoms. The molecule has 2 rings (SSSR count). The third-order valence-corrected chi connectivity index (χ3v) is 3.57. The summed E-state index contributed by atoms with van der Waals surface area (Å²) in [4.78, 5) is 24.0. The van der Waals surface area contributed by atoms with Gasteiger partial charge in [-0.2, -0.15) is 0 Å². The van der Waals surface area contributed by atoms with E-state index in [1.165, 1.54) is 19.2 Å². The molecule has 0 aliphatic heterocycles. The molecule has 1 amide bonds. The number of ether oxygens (including phenoxy) is 1. The van der Waals surface area contributed by atoms with Gasteiger partial charge in [0.05, 0.1) is 24.3 Å². The maximum Gasteiger partial charge on any atom is 0.337 e. The summed E-state index contributed by atoms with van der Waals surface area (Å²) in [6, 6.07) is 13.0. The minimum Gasteiger partial charge on any atom is -0.465 e. The van der Waals surface area contributed by atoms with Gasteiger partial charge in [0.25, 0.3) is 0 Å². The fraction of sp³-hybridized carbons (Fsp3) is 0.222. The van der Waals surface area contributed by atoms with Crippen LogP contribution in [0.2, 0.25) is 0 Å². The minimum atomic E-state index is -0.603. The maximum absolute atomic E-state index is 13.9. The van der Waals surface area contributed by atoms with E-state index in [-0.39, 0.29) is 17.2 Å². The molecule has 120 valence electrons. The van der Waals surface area contributed by atoms with Crippen molar-refractivity contribution in [1.29, 1.82) is 0 Å². The molecule has 0 aromatic heterocycles. The number of carbonyl (C=O) groups excluding carboxylic acids is 2. The van der Waals surface area contributed by atoms with Gasteiger partial charge in [-0.15, -0.1) is 0 Å². The van der Waals surface area contributed by atoms with Crippen molar-refractivity contribution in [3.63, 3.8) is 0 Å². The van der Waals surface area contributed by atoms with Gasteiger partial charge in [0.2, 0.25) is 5.91 Å². The summed E-state index contributed by atoms with van der Waals surface area (Å²) < 4.78 is 18.5. The lowest BCUT2D eigenvalue weighted by atomic mass is 9.95. The Balaban J connectivity index is 2.23. The van der Waals surface area contributed by atoms with Gasteiger partial charge in [-0.1, -0.05) is 37.3 Å². The number of anilines is 1. The molecule has 0 radical (unpaired) electrons. The van der Waals surface area contributed by atoms with Crippen molar-refractivity contribution in [1.82, 2.24) is 0 Å². The van der Waals surface area contributed by atoms with E-state index in [1.807, 2.05) is 37.3 Å². The molecule has 1 unspecified atom stereocenters. The number of carbonyl (C=O) groups is 2. The Bertz CT molecular complexity index is 701. The molecule has 4 nitrogen and oxygen atoms in total. The van der Waals surface area contributed by atoms with E-state index in [4.69, 9.17) is 0 Å². The third-order valence-electron chi connectivity index (χ3n) is 3.57. The van der Waals surface area contributed by atoms with E-state index in [0.717, 1.165) is 11.6 Å². The lowest BCUT2D eigenvalue weighted by Gasteiger charge is -2.16. The van der Waals surface area contributed by atoms with Crippen molar-refractivity contribution in [3.05, 3.63) is 65.5 Å². The zero-order valence-corrected chi connectivity index (χ0v) is 13.0. The van der Waals surface area contributed by atoms with E-state index in [1.54, 1.807) is 0 Å². The summed E-state index contributed by atoms with van der Waals surface area (Å²) in [5, 5.41) is 2.56. The number of hydrogen-bond donors (Lipinski definition) is 1. The average Bonchev–Trinajstić information content (AvgIpc) is 2.57. The molecule has 2 aromatic carbocycles. The number of nitrogens with one attached hydrogen (secondary N) is 1. The topological polar surface area (TPSA) is 55.4 Å². The van der Waals surface area contributed by atoms with Gasteiger partial charge in [0.1, 0.15) is 5.82 Å². The Morgan fingerprint density at radius 2 is 1.87 bits per heavy atom. The number of amides is 1. The van der Waals surface area contributed by atoms with Crippen molar-refractivity contribution in [3.8, 4) is 0 Å². The quantitative estimate of drug-likeness (QED) is 0.855. The van der Waals surface area contributed by atoms with Crippen LogP contribution in [0.3, 0.4) is 0 Å². The first-order chi connectivity index (χ1) is 11.1. The molecular formula is C18H18FNO3. The number of benzene rings is 2. The van der Waals surface area contributed by atoms with E-state index < -0.39 is 17.7 Å². The number of rotatable bonds is 5. The number of hydrogen-bond acceptors (Lipinski definition) is 3. The van der Waals surface area contributed by atoms with Gasteiger partial charge >= 0.3 is 5.97 Å². The van der Waals surface area contributed by atoms with E-state index in [2.05, 4.69) is 10.1 Å². The second kappa shape index (κ2) is 7.54. The van der Waals surface area contributed by atoms with Crippen LogP contribution in [0.15, 0.2) is 48.5 Å². The van der Waals surface area contributed by atoms with Crippen LogP contribution in [0, 0.1) is 5.82 Å². The second-order valence-corrected chi connectivity index (χ2v) is 5.05. The lowest BCUT2D eigenvalue weighted by molar-refractivity contribution is -0.117. The number of halogens is 1. The molecule has 0 saturated carbocycles. The molecule has 1 atom stereocenters. The molecule has 0 spiro atoms. The number of esters is 1. The summed E-state index contributed by atoms with van der Waals surface area (Å²) in [5.41, 5.74) is 1.00. The molecule has 0 aliphatic rings. The molecule has 1 N–H and O–H groups in total. The molecule has 0 bridgehead atoms. The van der Waals surface area contributed by atoms with Crippen molar-refractivity contribution in [2.45, 2.75) is 19.3 Å². The van der Waals surface area contributed by atoms with Crippen molar-refractivity contribution >= 4 is 17.6 Å². The van der Waals surface area contributed by atoms with Gasteiger partial charge in [-0.25, -0.2) is 9.18 Å². The largest absolute Gasteiger partial charge is 0.465 e. The van der Waals surface area contributed by atoms with Crippen LogP contribution in [-0.2, 0) is 9.53 Å². The maximum atomic E-state index is 13.9. The van der Waals surface area contributed by atoms with Crippen LogP contribution in [-0.4, -0.2) is 19.0 Å². The Hall–Kier alpha value is -2.69. The van der Waals surface area contributed by atoms with Crippen molar-refractivity contribution < 1.29 is 18.7 Å². The zero-order valence-electron chi connectivity index (χ0n) is 13.0. The first kappa shape index (κ1) is 16.7. The normalized spacial score (nSPS) is 11.6. The van der Waals surface area contributed by atoms with Crippen LogP contribution < -0.4 is 5.32 Å². The fourth-order valence-corrected chi connectivity index (χ4v) is 2.34. The lowest BCUT2D eigenvalue weighted by Crippen LogP contribution is -2.21. The summed E-state index contributed by atoms with van der Waals surface area (Å²) in [6.45, 7) is 1.89. The minimum absolute atomic E-state index is 0.0349. The van der Waals surface area contributed by atoms with Crippen molar-refractivity contribution in [2.24, 2.45) is 0 Å². The molecule has 0 heterocycles. The SMILES string of the molecule is CCC(C(=O)Nc1cc(C(=O)OC)ccc1F)c1ccccc1. The first-order valence-electron chi connectivity index (χ1n) is 7.30. The standard InChI is InChI=1S/C18H18FNO3/c1-3-14(12-7-5-4-6-8-12)17(21)20-16-11-13(18(22)23-2)9-10-15(16)19/h4-11,14H,3H2,1-2H3,(H,20,21).